The monoisotopic (exact) mass is 292 g/mol. The maximum Gasteiger partial charge on any atom is 0.126 e. The summed E-state index contributed by atoms with van der Waals surface area (Å²) in [6.45, 7) is 9.27. The van der Waals surface area contributed by atoms with Gasteiger partial charge in [0.15, 0.2) is 0 Å². The average molecular weight is 292 g/mol. The second-order valence-corrected chi connectivity index (χ2v) is 6.93. The van der Waals surface area contributed by atoms with Crippen LogP contribution in [0.4, 0.5) is 10.1 Å². The van der Waals surface area contributed by atoms with E-state index in [2.05, 4.69) is 18.7 Å². The third-order valence-corrected chi connectivity index (χ3v) is 4.44. The van der Waals surface area contributed by atoms with Crippen molar-refractivity contribution in [2.24, 2.45) is 11.7 Å². The molecule has 118 valence electrons. The van der Waals surface area contributed by atoms with E-state index in [-0.39, 0.29) is 11.9 Å². The van der Waals surface area contributed by atoms with Gasteiger partial charge < -0.3 is 10.6 Å². The van der Waals surface area contributed by atoms with Crippen molar-refractivity contribution in [2.75, 3.05) is 11.4 Å². The predicted molar refractivity (Wildman–Crippen MR) is 88.2 cm³/mol. The van der Waals surface area contributed by atoms with Crippen LogP contribution in [-0.2, 0) is 0 Å². The van der Waals surface area contributed by atoms with Gasteiger partial charge in [0, 0.05) is 24.3 Å². The van der Waals surface area contributed by atoms with E-state index < -0.39 is 0 Å². The van der Waals surface area contributed by atoms with Crippen molar-refractivity contribution in [3.63, 3.8) is 0 Å². The van der Waals surface area contributed by atoms with E-state index in [9.17, 15) is 4.39 Å². The van der Waals surface area contributed by atoms with Gasteiger partial charge in [-0.25, -0.2) is 4.39 Å². The van der Waals surface area contributed by atoms with Crippen LogP contribution < -0.4 is 10.6 Å². The van der Waals surface area contributed by atoms with Crippen LogP contribution in [0.3, 0.4) is 0 Å². The number of nitrogens with zero attached hydrogens (tertiary/aromatic N) is 1. The highest BCUT2D eigenvalue weighted by Crippen LogP contribution is 2.34. The zero-order valence-electron chi connectivity index (χ0n) is 13.8. The number of rotatable bonds is 5. The Balaban J connectivity index is 2.44. The smallest absolute Gasteiger partial charge is 0.126 e. The summed E-state index contributed by atoms with van der Waals surface area (Å²) in [6.07, 6.45) is 5.07. The molecule has 0 aromatic heterocycles. The Morgan fingerprint density at radius 1 is 1.24 bits per heavy atom. The molecule has 1 aromatic rings. The summed E-state index contributed by atoms with van der Waals surface area (Å²) in [6, 6.07) is 4.06. The highest BCUT2D eigenvalue weighted by molar-refractivity contribution is 5.58. The van der Waals surface area contributed by atoms with E-state index in [1.54, 1.807) is 6.07 Å². The van der Waals surface area contributed by atoms with Crippen molar-refractivity contribution in [3.05, 3.63) is 29.1 Å². The molecular formula is C18H29FN2. The Labute approximate surface area is 128 Å². The van der Waals surface area contributed by atoms with Gasteiger partial charge in [0.2, 0.25) is 0 Å². The molecule has 0 saturated heterocycles. The lowest BCUT2D eigenvalue weighted by Gasteiger charge is -2.35. The molecule has 3 heteroatoms. The molecule has 2 N–H and O–H groups in total. The third-order valence-electron chi connectivity index (χ3n) is 4.44. The molecule has 2 rings (SSSR count). The van der Waals surface area contributed by atoms with Crippen molar-refractivity contribution >= 4 is 5.69 Å². The van der Waals surface area contributed by atoms with Gasteiger partial charge in [-0.3, -0.25) is 0 Å². The number of halogens is 1. The van der Waals surface area contributed by atoms with Gasteiger partial charge in [-0.15, -0.1) is 0 Å². The summed E-state index contributed by atoms with van der Waals surface area (Å²) in [7, 11) is 0. The first-order chi connectivity index (χ1) is 9.90. The molecular weight excluding hydrogens is 263 g/mol. The minimum absolute atomic E-state index is 0.147. The summed E-state index contributed by atoms with van der Waals surface area (Å²) in [5.74, 6) is 0.429. The van der Waals surface area contributed by atoms with E-state index >= 15 is 0 Å². The molecule has 1 saturated carbocycles. The molecule has 2 nitrogen and oxygen atoms in total. The van der Waals surface area contributed by atoms with Gasteiger partial charge in [0.05, 0.1) is 0 Å². The van der Waals surface area contributed by atoms with Gasteiger partial charge in [-0.2, -0.15) is 0 Å². The van der Waals surface area contributed by atoms with E-state index in [0.717, 1.165) is 17.8 Å². The van der Waals surface area contributed by atoms with Crippen LogP contribution in [0.25, 0.3) is 0 Å². The lowest BCUT2D eigenvalue weighted by molar-refractivity contribution is 0.531. The second kappa shape index (κ2) is 6.78. The summed E-state index contributed by atoms with van der Waals surface area (Å²) in [5.41, 5.74) is 8.90. The van der Waals surface area contributed by atoms with E-state index in [0.29, 0.717) is 17.5 Å². The summed E-state index contributed by atoms with van der Waals surface area (Å²) in [4.78, 5) is 2.49. The fraction of sp³-hybridized carbons (Fsp3) is 0.667. The quantitative estimate of drug-likeness (QED) is 0.862. The van der Waals surface area contributed by atoms with Gasteiger partial charge in [-0.1, -0.05) is 26.7 Å². The lowest BCUT2D eigenvalue weighted by atomic mass is 10.00. The molecule has 0 radical (unpaired) electrons. The SMILES string of the molecule is Cc1cc(N(CC(C)C)C2CCCC2)c([C@H](C)N)cc1F. The van der Waals surface area contributed by atoms with Crippen LogP contribution in [0.15, 0.2) is 12.1 Å². The molecule has 0 spiro atoms. The maximum atomic E-state index is 13.9. The number of hydrogen-bond acceptors (Lipinski definition) is 2. The molecule has 1 aliphatic carbocycles. The largest absolute Gasteiger partial charge is 0.368 e. The standard InChI is InChI=1S/C18H29FN2/c1-12(2)11-21(15-7-5-6-8-15)18-9-13(3)17(19)10-16(18)14(4)20/h9-10,12,14-15H,5-8,11,20H2,1-4H3/t14-/m0/s1. The van der Waals surface area contributed by atoms with Gasteiger partial charge in [-0.05, 0) is 55.9 Å². The number of benzene rings is 1. The molecule has 1 aromatic carbocycles. The normalized spacial score (nSPS) is 17.5. The molecule has 0 amide bonds. The number of hydrogen-bond donors (Lipinski definition) is 1. The Bertz CT molecular complexity index is 476. The molecule has 1 fully saturated rings. The van der Waals surface area contributed by atoms with Crippen LogP contribution >= 0.6 is 0 Å². The van der Waals surface area contributed by atoms with E-state index in [1.165, 1.54) is 25.7 Å². The lowest BCUT2D eigenvalue weighted by Crippen LogP contribution is -2.37. The molecule has 0 aliphatic heterocycles. The van der Waals surface area contributed by atoms with Crippen molar-refractivity contribution in [1.29, 1.82) is 0 Å². The Hall–Kier alpha value is -1.09. The van der Waals surface area contributed by atoms with Gasteiger partial charge >= 0.3 is 0 Å². The first-order valence-corrected chi connectivity index (χ1v) is 8.22. The highest BCUT2D eigenvalue weighted by atomic mass is 19.1. The molecule has 21 heavy (non-hydrogen) atoms. The van der Waals surface area contributed by atoms with Crippen molar-refractivity contribution in [3.8, 4) is 0 Å². The van der Waals surface area contributed by atoms with Gasteiger partial charge in [0.1, 0.15) is 5.82 Å². The fourth-order valence-electron chi connectivity index (χ4n) is 3.35. The van der Waals surface area contributed by atoms with Crippen molar-refractivity contribution in [1.82, 2.24) is 0 Å². The summed E-state index contributed by atoms with van der Waals surface area (Å²) < 4.78 is 13.9. The molecule has 1 atom stereocenters. The molecule has 1 aliphatic rings. The Kier molecular flexibility index (Phi) is 5.26. The van der Waals surface area contributed by atoms with Crippen LogP contribution in [0, 0.1) is 18.7 Å². The Morgan fingerprint density at radius 3 is 2.38 bits per heavy atom. The predicted octanol–water partition coefficient (Wildman–Crippen LogP) is 4.56. The van der Waals surface area contributed by atoms with Crippen molar-refractivity contribution < 1.29 is 4.39 Å². The van der Waals surface area contributed by atoms with E-state index in [4.69, 9.17) is 5.73 Å². The van der Waals surface area contributed by atoms with Crippen LogP contribution in [-0.4, -0.2) is 12.6 Å². The van der Waals surface area contributed by atoms with Gasteiger partial charge in [0.25, 0.3) is 0 Å². The fourth-order valence-corrected chi connectivity index (χ4v) is 3.35. The van der Waals surface area contributed by atoms with Crippen molar-refractivity contribution in [2.45, 2.75) is 65.5 Å². The zero-order valence-corrected chi connectivity index (χ0v) is 13.8. The maximum absolute atomic E-state index is 13.9. The number of anilines is 1. The zero-order chi connectivity index (χ0) is 15.6. The topological polar surface area (TPSA) is 29.3 Å². The minimum atomic E-state index is -0.151. The average Bonchev–Trinajstić information content (AvgIpc) is 2.92. The second-order valence-electron chi connectivity index (χ2n) is 6.93. The highest BCUT2D eigenvalue weighted by Gasteiger charge is 2.26. The first-order valence-electron chi connectivity index (χ1n) is 8.22. The third kappa shape index (κ3) is 3.76. The first kappa shape index (κ1) is 16.3. The van der Waals surface area contributed by atoms with E-state index in [1.807, 2.05) is 19.9 Å². The summed E-state index contributed by atoms with van der Waals surface area (Å²) in [5, 5.41) is 0. The number of aryl methyl sites for hydroxylation is 1. The summed E-state index contributed by atoms with van der Waals surface area (Å²) >= 11 is 0. The van der Waals surface area contributed by atoms with Crippen LogP contribution in [0.1, 0.15) is 63.6 Å². The molecule has 0 heterocycles. The Morgan fingerprint density at radius 2 is 1.86 bits per heavy atom. The molecule has 0 unspecified atom stereocenters. The number of nitrogens with two attached hydrogens (primary N) is 1. The van der Waals surface area contributed by atoms with Crippen LogP contribution in [0.5, 0.6) is 0 Å². The molecule has 0 bridgehead atoms. The van der Waals surface area contributed by atoms with Crippen LogP contribution in [0.2, 0.25) is 0 Å². The minimum Gasteiger partial charge on any atom is -0.368 e.